The van der Waals surface area contributed by atoms with E-state index in [1.54, 1.807) is 5.57 Å². The molecule has 1 saturated carbocycles. The van der Waals surface area contributed by atoms with Crippen LogP contribution in [0.5, 0.6) is 0 Å². The number of carbonyl (C=O) groups excluding carboxylic acids is 1. The van der Waals surface area contributed by atoms with Gasteiger partial charge in [-0.05, 0) is 82.5 Å². The van der Waals surface area contributed by atoms with Crippen LogP contribution in [0.15, 0.2) is 23.4 Å². The first-order valence-corrected chi connectivity index (χ1v) is 9.25. The average Bonchev–Trinajstić information content (AvgIpc) is 2.49. The number of likely N-dealkylation sites (tertiary alicyclic amines) is 1. The first-order valence-electron chi connectivity index (χ1n) is 9.25. The molecule has 0 bridgehead atoms. The highest BCUT2D eigenvalue weighted by Gasteiger charge is 2.45. The largest absolute Gasteiger partial charge is 0.382 e. The minimum absolute atomic E-state index is 0.645. The summed E-state index contributed by atoms with van der Waals surface area (Å²) in [5, 5.41) is 3.85. The maximum Gasteiger partial charge on any atom is 0.116 e. The molecule has 1 spiro atoms. The van der Waals surface area contributed by atoms with E-state index in [4.69, 9.17) is 4.79 Å². The number of hydrogen-bond donors (Lipinski definition) is 1. The number of aldehydes is 1. The Morgan fingerprint density at radius 2 is 1.78 bits per heavy atom. The standard InChI is InChI=1S/C18H30N2.C2H4O/c1-14(2)16-6-4-5-7-17(16)19-15-12-18(13-15)8-10-20(3)11-9-18;1-2-3/h6-7,14-15,19H,4-5,8-13H2,1-3H3;2H,1H3. The molecule has 2 fully saturated rings. The Balaban J connectivity index is 0.000000595. The van der Waals surface area contributed by atoms with Gasteiger partial charge in [-0.2, -0.15) is 0 Å². The van der Waals surface area contributed by atoms with Gasteiger partial charge in [-0.3, -0.25) is 0 Å². The fourth-order valence-corrected chi connectivity index (χ4v) is 4.19. The molecule has 3 aliphatic rings. The van der Waals surface area contributed by atoms with Crippen LogP contribution in [0, 0.1) is 11.3 Å². The summed E-state index contributed by atoms with van der Waals surface area (Å²) in [5.74, 6) is 0.645. The van der Waals surface area contributed by atoms with Crippen LogP contribution in [-0.4, -0.2) is 37.4 Å². The SMILES string of the molecule is CC(C)C1=CCCC=C1NC1CC2(CCN(C)CC2)C1.CC=O. The Bertz CT molecular complexity index is 448. The van der Waals surface area contributed by atoms with Crippen molar-refractivity contribution in [2.24, 2.45) is 11.3 Å². The van der Waals surface area contributed by atoms with Crippen LogP contribution in [0.2, 0.25) is 0 Å². The molecule has 3 heteroatoms. The summed E-state index contributed by atoms with van der Waals surface area (Å²) in [4.78, 5) is 11.3. The molecular weight excluding hydrogens is 284 g/mol. The quantitative estimate of drug-likeness (QED) is 0.801. The Morgan fingerprint density at radius 1 is 1.22 bits per heavy atom. The summed E-state index contributed by atoms with van der Waals surface area (Å²) >= 11 is 0. The minimum Gasteiger partial charge on any atom is -0.382 e. The second-order valence-corrected chi connectivity index (χ2v) is 7.80. The van der Waals surface area contributed by atoms with Gasteiger partial charge in [-0.15, -0.1) is 0 Å². The molecule has 0 radical (unpaired) electrons. The van der Waals surface area contributed by atoms with E-state index in [-0.39, 0.29) is 0 Å². The van der Waals surface area contributed by atoms with Crippen molar-refractivity contribution < 1.29 is 4.79 Å². The summed E-state index contributed by atoms with van der Waals surface area (Å²) in [6.07, 6.45) is 13.7. The summed E-state index contributed by atoms with van der Waals surface area (Å²) in [6.45, 7) is 8.66. The van der Waals surface area contributed by atoms with Crippen molar-refractivity contribution in [2.45, 2.75) is 65.3 Å². The van der Waals surface area contributed by atoms with E-state index in [1.807, 2.05) is 0 Å². The third-order valence-corrected chi connectivity index (χ3v) is 5.58. The van der Waals surface area contributed by atoms with Crippen LogP contribution >= 0.6 is 0 Å². The second kappa shape index (κ2) is 8.14. The topological polar surface area (TPSA) is 32.3 Å². The molecule has 0 amide bonds. The number of nitrogens with one attached hydrogen (secondary N) is 1. The Labute approximate surface area is 142 Å². The smallest absolute Gasteiger partial charge is 0.116 e. The molecule has 130 valence electrons. The highest BCUT2D eigenvalue weighted by Crippen LogP contribution is 2.49. The first-order chi connectivity index (χ1) is 11.0. The first kappa shape index (κ1) is 18.3. The maximum absolute atomic E-state index is 8.81. The molecule has 3 rings (SSSR count). The van der Waals surface area contributed by atoms with Gasteiger partial charge in [-0.25, -0.2) is 0 Å². The van der Waals surface area contributed by atoms with E-state index in [0.717, 1.165) is 12.3 Å². The monoisotopic (exact) mass is 318 g/mol. The second-order valence-electron chi connectivity index (χ2n) is 7.80. The van der Waals surface area contributed by atoms with Crippen molar-refractivity contribution in [2.75, 3.05) is 20.1 Å². The Hall–Kier alpha value is -1.09. The Kier molecular flexibility index (Phi) is 6.46. The van der Waals surface area contributed by atoms with Gasteiger partial charge in [0.25, 0.3) is 0 Å². The zero-order valence-corrected chi connectivity index (χ0v) is 15.4. The lowest BCUT2D eigenvalue weighted by Gasteiger charge is -2.52. The molecule has 2 aliphatic carbocycles. The summed E-state index contributed by atoms with van der Waals surface area (Å²) in [5.41, 5.74) is 3.67. The number of allylic oxidation sites excluding steroid dienone is 3. The summed E-state index contributed by atoms with van der Waals surface area (Å²) < 4.78 is 0. The molecule has 0 aromatic rings. The highest BCUT2D eigenvalue weighted by molar-refractivity contribution is 5.44. The van der Waals surface area contributed by atoms with E-state index >= 15 is 0 Å². The van der Waals surface area contributed by atoms with Gasteiger partial charge in [0.05, 0.1) is 0 Å². The van der Waals surface area contributed by atoms with Gasteiger partial charge in [0.2, 0.25) is 0 Å². The van der Waals surface area contributed by atoms with Gasteiger partial charge >= 0.3 is 0 Å². The molecule has 0 unspecified atom stereocenters. The fraction of sp³-hybridized carbons (Fsp3) is 0.750. The zero-order valence-electron chi connectivity index (χ0n) is 15.4. The normalized spacial score (nSPS) is 24.2. The van der Waals surface area contributed by atoms with E-state index in [0.29, 0.717) is 11.3 Å². The van der Waals surface area contributed by atoms with Crippen molar-refractivity contribution in [3.63, 3.8) is 0 Å². The molecule has 1 heterocycles. The third kappa shape index (κ3) is 4.69. The molecule has 1 aliphatic heterocycles. The van der Waals surface area contributed by atoms with Crippen molar-refractivity contribution in [3.05, 3.63) is 23.4 Å². The van der Waals surface area contributed by atoms with E-state index in [9.17, 15) is 0 Å². The van der Waals surface area contributed by atoms with E-state index in [2.05, 4.69) is 43.3 Å². The summed E-state index contributed by atoms with van der Waals surface area (Å²) in [7, 11) is 2.26. The van der Waals surface area contributed by atoms with Crippen LogP contribution < -0.4 is 5.32 Å². The molecular formula is C20H34N2O. The predicted molar refractivity (Wildman–Crippen MR) is 97.3 cm³/mol. The molecule has 0 aromatic heterocycles. The van der Waals surface area contributed by atoms with Crippen molar-refractivity contribution in [3.8, 4) is 0 Å². The van der Waals surface area contributed by atoms with Crippen LogP contribution in [0.3, 0.4) is 0 Å². The van der Waals surface area contributed by atoms with Gasteiger partial charge in [-0.1, -0.05) is 26.0 Å². The Morgan fingerprint density at radius 3 is 2.35 bits per heavy atom. The van der Waals surface area contributed by atoms with Gasteiger partial charge in [0, 0.05) is 11.7 Å². The predicted octanol–water partition coefficient (Wildman–Crippen LogP) is 3.92. The van der Waals surface area contributed by atoms with E-state index < -0.39 is 0 Å². The van der Waals surface area contributed by atoms with Gasteiger partial charge in [0.15, 0.2) is 0 Å². The third-order valence-electron chi connectivity index (χ3n) is 5.58. The lowest BCUT2D eigenvalue weighted by molar-refractivity contribution is -0.106. The summed E-state index contributed by atoms with van der Waals surface area (Å²) in [6, 6.07) is 0.727. The maximum atomic E-state index is 8.81. The van der Waals surface area contributed by atoms with Crippen LogP contribution in [0.1, 0.15) is 59.3 Å². The van der Waals surface area contributed by atoms with E-state index in [1.165, 1.54) is 64.2 Å². The number of carbonyl (C=O) groups is 1. The lowest BCUT2D eigenvalue weighted by atomic mass is 9.60. The lowest BCUT2D eigenvalue weighted by Crippen LogP contribution is -2.53. The van der Waals surface area contributed by atoms with Crippen LogP contribution in [0.4, 0.5) is 0 Å². The van der Waals surface area contributed by atoms with Gasteiger partial charge in [0.1, 0.15) is 6.29 Å². The van der Waals surface area contributed by atoms with Crippen molar-refractivity contribution in [1.82, 2.24) is 10.2 Å². The highest BCUT2D eigenvalue weighted by atomic mass is 16.1. The molecule has 0 atom stereocenters. The van der Waals surface area contributed by atoms with Crippen LogP contribution in [-0.2, 0) is 4.79 Å². The number of rotatable bonds is 3. The van der Waals surface area contributed by atoms with Gasteiger partial charge < -0.3 is 15.0 Å². The van der Waals surface area contributed by atoms with Crippen LogP contribution in [0.25, 0.3) is 0 Å². The number of hydrogen-bond acceptors (Lipinski definition) is 3. The molecule has 0 aromatic carbocycles. The number of piperidine rings is 1. The molecule has 1 saturated heterocycles. The average molecular weight is 319 g/mol. The number of nitrogens with zero attached hydrogens (tertiary/aromatic N) is 1. The van der Waals surface area contributed by atoms with Crippen molar-refractivity contribution >= 4 is 6.29 Å². The minimum atomic E-state index is 0.645. The molecule has 1 N–H and O–H groups in total. The molecule has 23 heavy (non-hydrogen) atoms. The fourth-order valence-electron chi connectivity index (χ4n) is 4.19. The zero-order chi connectivity index (χ0) is 16.9. The molecule has 3 nitrogen and oxygen atoms in total. The van der Waals surface area contributed by atoms with Crippen molar-refractivity contribution in [1.29, 1.82) is 0 Å².